The van der Waals surface area contributed by atoms with E-state index in [2.05, 4.69) is 51.0 Å². The van der Waals surface area contributed by atoms with Crippen LogP contribution >= 0.6 is 23.1 Å². The minimum Gasteiger partial charge on any atom is -0.294 e. The largest absolute Gasteiger partial charge is 0.294 e. The first kappa shape index (κ1) is 22.3. The molecule has 0 aliphatic rings. The summed E-state index contributed by atoms with van der Waals surface area (Å²) in [7, 11) is 0. The summed E-state index contributed by atoms with van der Waals surface area (Å²) in [5, 5.41) is 2.21. The number of hydrogen-bond donors (Lipinski definition) is 0. The predicted octanol–water partition coefficient (Wildman–Crippen LogP) is 8.25. The molecule has 1 nitrogen and oxygen atoms in total. The number of Topliss-reactive ketones (excluding diaryl/α,β-unsaturated/α-hetero) is 1. The summed E-state index contributed by atoms with van der Waals surface area (Å²) >= 11 is 3.49. The van der Waals surface area contributed by atoms with Crippen molar-refractivity contribution in [2.75, 3.05) is 0 Å². The lowest BCUT2D eigenvalue weighted by Crippen LogP contribution is -2.04. The van der Waals surface area contributed by atoms with Crippen LogP contribution < -0.4 is 0 Å². The van der Waals surface area contributed by atoms with Crippen molar-refractivity contribution in [3.8, 4) is 0 Å². The molecule has 0 fully saturated rings. The van der Waals surface area contributed by atoms with E-state index in [0.717, 1.165) is 28.0 Å². The summed E-state index contributed by atoms with van der Waals surface area (Å²) in [6, 6.07) is 18.4. The lowest BCUT2D eigenvalue weighted by atomic mass is 9.97. The predicted molar refractivity (Wildman–Crippen MR) is 134 cm³/mol. The monoisotopic (exact) mass is 432 g/mol. The zero-order valence-electron chi connectivity index (χ0n) is 18.1. The minimum absolute atomic E-state index is 0.157. The van der Waals surface area contributed by atoms with E-state index in [4.69, 9.17) is 0 Å². The molecule has 0 radical (unpaired) electrons. The van der Waals surface area contributed by atoms with E-state index in [1.54, 1.807) is 23.1 Å². The Morgan fingerprint density at radius 2 is 1.77 bits per heavy atom. The van der Waals surface area contributed by atoms with Gasteiger partial charge in [0, 0.05) is 26.6 Å². The molecule has 0 bridgehead atoms. The number of benzene rings is 2. The molecule has 0 aliphatic carbocycles. The second-order valence-electron chi connectivity index (χ2n) is 7.58. The van der Waals surface area contributed by atoms with Gasteiger partial charge in [0.1, 0.15) is 0 Å². The SMILES string of the molecule is C=C(S/C=C(\CC)c1cccc(CC(=O)c2cccc(C)c2)c1)c1sc(C)cc1C. The highest BCUT2D eigenvalue weighted by Crippen LogP contribution is 2.36. The number of rotatable bonds is 8. The van der Waals surface area contributed by atoms with Crippen molar-refractivity contribution in [3.05, 3.63) is 104 Å². The third-order valence-electron chi connectivity index (χ3n) is 5.02. The number of hydrogen-bond acceptors (Lipinski definition) is 3. The number of ketones is 1. The molecule has 0 atom stereocenters. The summed E-state index contributed by atoms with van der Waals surface area (Å²) in [5.41, 5.74) is 6.66. The highest BCUT2D eigenvalue weighted by Gasteiger charge is 2.10. The molecule has 2 aromatic carbocycles. The van der Waals surface area contributed by atoms with Crippen molar-refractivity contribution in [2.45, 2.75) is 40.5 Å². The lowest BCUT2D eigenvalue weighted by Gasteiger charge is -2.09. The van der Waals surface area contributed by atoms with E-state index in [1.807, 2.05) is 43.3 Å². The zero-order chi connectivity index (χ0) is 21.7. The van der Waals surface area contributed by atoms with Gasteiger partial charge in [0.2, 0.25) is 0 Å². The molecule has 154 valence electrons. The number of aryl methyl sites for hydroxylation is 3. The zero-order valence-corrected chi connectivity index (χ0v) is 19.8. The summed E-state index contributed by atoms with van der Waals surface area (Å²) < 4.78 is 0. The van der Waals surface area contributed by atoms with Crippen molar-refractivity contribution in [1.82, 2.24) is 0 Å². The highest BCUT2D eigenvalue weighted by molar-refractivity contribution is 8.11. The molecule has 1 heterocycles. The van der Waals surface area contributed by atoms with Crippen molar-refractivity contribution in [1.29, 1.82) is 0 Å². The summed E-state index contributed by atoms with van der Waals surface area (Å²) in [5.74, 6) is 0.157. The van der Waals surface area contributed by atoms with Gasteiger partial charge in [-0.25, -0.2) is 0 Å². The Morgan fingerprint density at radius 3 is 2.43 bits per heavy atom. The van der Waals surface area contributed by atoms with E-state index in [1.165, 1.54) is 26.5 Å². The first-order chi connectivity index (χ1) is 14.4. The number of allylic oxidation sites excluding steroid dienone is 1. The first-order valence-corrected chi connectivity index (χ1v) is 11.9. The Kier molecular flexibility index (Phi) is 7.52. The van der Waals surface area contributed by atoms with Crippen LogP contribution in [0.25, 0.3) is 10.5 Å². The fourth-order valence-corrected chi connectivity index (χ4v) is 5.47. The van der Waals surface area contributed by atoms with Crippen LogP contribution in [0.2, 0.25) is 0 Å². The summed E-state index contributed by atoms with van der Waals surface area (Å²) in [6.07, 6.45) is 1.35. The second-order valence-corrected chi connectivity index (χ2v) is 9.80. The quantitative estimate of drug-likeness (QED) is 0.333. The second kappa shape index (κ2) is 10.1. The molecule has 3 heteroatoms. The van der Waals surface area contributed by atoms with Crippen molar-refractivity contribution < 1.29 is 4.79 Å². The fraction of sp³-hybridized carbons (Fsp3) is 0.222. The Morgan fingerprint density at radius 1 is 1.03 bits per heavy atom. The van der Waals surface area contributed by atoms with E-state index < -0.39 is 0 Å². The van der Waals surface area contributed by atoms with Crippen LogP contribution in [-0.2, 0) is 6.42 Å². The lowest BCUT2D eigenvalue weighted by molar-refractivity contribution is 0.0993. The van der Waals surface area contributed by atoms with E-state index in [-0.39, 0.29) is 5.78 Å². The van der Waals surface area contributed by atoms with E-state index >= 15 is 0 Å². The van der Waals surface area contributed by atoms with Gasteiger partial charge in [-0.2, -0.15) is 0 Å². The Bertz CT molecular complexity index is 1100. The van der Waals surface area contributed by atoms with Gasteiger partial charge >= 0.3 is 0 Å². The molecule has 3 aromatic rings. The Labute approximate surface area is 188 Å². The van der Waals surface area contributed by atoms with Gasteiger partial charge in [0.05, 0.1) is 0 Å². The molecule has 0 amide bonds. The van der Waals surface area contributed by atoms with Crippen LogP contribution in [0.3, 0.4) is 0 Å². The highest BCUT2D eigenvalue weighted by atomic mass is 32.2. The van der Waals surface area contributed by atoms with Crippen molar-refractivity contribution in [3.63, 3.8) is 0 Å². The maximum absolute atomic E-state index is 12.7. The van der Waals surface area contributed by atoms with Gasteiger partial charge in [0.25, 0.3) is 0 Å². The molecule has 3 rings (SSSR count). The van der Waals surface area contributed by atoms with Gasteiger partial charge in [0.15, 0.2) is 5.78 Å². The summed E-state index contributed by atoms with van der Waals surface area (Å²) in [6.45, 7) is 12.7. The van der Waals surface area contributed by atoms with Gasteiger partial charge < -0.3 is 0 Å². The molecular formula is C27H28OS2. The fourth-order valence-electron chi connectivity index (χ4n) is 3.46. The topological polar surface area (TPSA) is 17.1 Å². The van der Waals surface area contributed by atoms with Crippen molar-refractivity contribution in [2.24, 2.45) is 0 Å². The van der Waals surface area contributed by atoms with Crippen LogP contribution in [0.1, 0.15) is 55.7 Å². The number of thiophene rings is 1. The molecule has 0 unspecified atom stereocenters. The molecule has 0 spiro atoms. The minimum atomic E-state index is 0.157. The molecule has 0 N–H and O–H groups in total. The van der Waals surface area contributed by atoms with Crippen LogP contribution in [0.5, 0.6) is 0 Å². The van der Waals surface area contributed by atoms with E-state index in [0.29, 0.717) is 6.42 Å². The third kappa shape index (κ3) is 5.62. The van der Waals surface area contributed by atoms with Crippen LogP contribution in [0, 0.1) is 20.8 Å². The van der Waals surface area contributed by atoms with Crippen LogP contribution in [0.15, 0.2) is 66.6 Å². The Balaban J connectivity index is 1.75. The first-order valence-electron chi connectivity index (χ1n) is 10.2. The van der Waals surface area contributed by atoms with E-state index in [9.17, 15) is 4.79 Å². The molecule has 30 heavy (non-hydrogen) atoms. The summed E-state index contributed by atoms with van der Waals surface area (Å²) in [4.78, 5) is 16.4. The number of carbonyl (C=O) groups is 1. The molecule has 0 saturated carbocycles. The van der Waals surface area contributed by atoms with Gasteiger partial charge in [-0.05, 0) is 67.0 Å². The van der Waals surface area contributed by atoms with Crippen LogP contribution in [0.4, 0.5) is 0 Å². The number of thioether (sulfide) groups is 1. The maximum atomic E-state index is 12.7. The number of carbonyl (C=O) groups excluding carboxylic acids is 1. The average Bonchev–Trinajstić information content (AvgIpc) is 3.06. The molecule has 0 aliphatic heterocycles. The van der Waals surface area contributed by atoms with Gasteiger partial charge in [-0.1, -0.05) is 73.3 Å². The molecular weight excluding hydrogens is 404 g/mol. The van der Waals surface area contributed by atoms with Gasteiger partial charge in [-0.15, -0.1) is 11.3 Å². The van der Waals surface area contributed by atoms with Crippen LogP contribution in [-0.4, -0.2) is 5.78 Å². The smallest absolute Gasteiger partial charge is 0.167 e. The van der Waals surface area contributed by atoms with Gasteiger partial charge in [-0.3, -0.25) is 4.79 Å². The standard InChI is InChI=1S/C27H28OS2/c1-6-23(17-29-21(5)27-19(3)14-20(4)30-27)24-11-8-10-22(15-24)16-26(28)25-12-7-9-18(2)13-25/h7-15,17H,5-6,16H2,1-4H3/b23-17+. The Hall–Kier alpha value is -2.36. The molecule has 0 saturated heterocycles. The average molecular weight is 433 g/mol. The third-order valence-corrected chi connectivity index (χ3v) is 7.25. The van der Waals surface area contributed by atoms with Crippen molar-refractivity contribution >= 4 is 39.4 Å². The maximum Gasteiger partial charge on any atom is 0.167 e. The normalized spacial score (nSPS) is 11.5. The molecule has 1 aromatic heterocycles.